The molecule has 1 atom stereocenters. The molecule has 0 aliphatic carbocycles. The number of halogens is 1. The van der Waals surface area contributed by atoms with E-state index in [1.807, 2.05) is 25.1 Å². The Balaban J connectivity index is 2.82. The van der Waals surface area contributed by atoms with Crippen LogP contribution in [-0.2, 0) is 9.53 Å². The normalized spacial score (nSPS) is 12.3. The van der Waals surface area contributed by atoms with Crippen molar-refractivity contribution < 1.29 is 9.53 Å². The number of hydrogen-bond acceptors (Lipinski definition) is 3. The van der Waals surface area contributed by atoms with Crippen LogP contribution >= 0.6 is 11.6 Å². The number of aryl methyl sites for hydroxylation is 1. The van der Waals surface area contributed by atoms with Crippen LogP contribution in [0.25, 0.3) is 0 Å². The quantitative estimate of drug-likeness (QED) is 0.806. The molecule has 0 spiro atoms. The van der Waals surface area contributed by atoms with Gasteiger partial charge >= 0.3 is 5.97 Å². The van der Waals surface area contributed by atoms with E-state index in [2.05, 4.69) is 4.74 Å². The second kappa shape index (κ2) is 5.14. The third kappa shape index (κ3) is 3.22. The number of benzene rings is 1. The van der Waals surface area contributed by atoms with Gasteiger partial charge in [-0.15, -0.1) is 0 Å². The summed E-state index contributed by atoms with van der Waals surface area (Å²) in [6.07, 6.45) is 0.138. The van der Waals surface area contributed by atoms with Crippen molar-refractivity contribution in [1.29, 1.82) is 0 Å². The summed E-state index contributed by atoms with van der Waals surface area (Å²) in [6.45, 7) is 1.95. The van der Waals surface area contributed by atoms with Gasteiger partial charge in [-0.2, -0.15) is 0 Å². The molecule has 15 heavy (non-hydrogen) atoms. The molecule has 2 N–H and O–H groups in total. The number of rotatable bonds is 3. The number of esters is 1. The summed E-state index contributed by atoms with van der Waals surface area (Å²) in [6, 6.07) is 5.17. The molecule has 0 amide bonds. The molecule has 0 heterocycles. The van der Waals surface area contributed by atoms with E-state index >= 15 is 0 Å². The first kappa shape index (κ1) is 12.0. The third-order valence-electron chi connectivity index (χ3n) is 2.17. The number of nitrogens with two attached hydrogens (primary N) is 1. The largest absolute Gasteiger partial charge is 0.469 e. The van der Waals surface area contributed by atoms with Crippen molar-refractivity contribution in [3.63, 3.8) is 0 Å². The molecule has 3 nitrogen and oxygen atoms in total. The van der Waals surface area contributed by atoms with Crippen molar-refractivity contribution in [3.8, 4) is 0 Å². The van der Waals surface area contributed by atoms with Gasteiger partial charge in [0, 0.05) is 11.1 Å². The fourth-order valence-electron chi connectivity index (χ4n) is 1.31. The van der Waals surface area contributed by atoms with E-state index in [1.54, 1.807) is 0 Å². The van der Waals surface area contributed by atoms with Crippen molar-refractivity contribution in [1.82, 2.24) is 0 Å². The van der Waals surface area contributed by atoms with E-state index in [0.29, 0.717) is 5.02 Å². The van der Waals surface area contributed by atoms with E-state index in [9.17, 15) is 4.79 Å². The van der Waals surface area contributed by atoms with Crippen LogP contribution < -0.4 is 5.73 Å². The van der Waals surface area contributed by atoms with Crippen molar-refractivity contribution in [2.75, 3.05) is 7.11 Å². The molecule has 1 rings (SSSR count). The van der Waals surface area contributed by atoms with Crippen molar-refractivity contribution in [3.05, 3.63) is 34.3 Å². The Morgan fingerprint density at radius 1 is 1.60 bits per heavy atom. The zero-order valence-electron chi connectivity index (χ0n) is 8.79. The molecule has 0 radical (unpaired) electrons. The predicted molar refractivity (Wildman–Crippen MR) is 59.8 cm³/mol. The van der Waals surface area contributed by atoms with Gasteiger partial charge in [-0.1, -0.05) is 23.7 Å². The van der Waals surface area contributed by atoms with E-state index in [1.165, 1.54) is 7.11 Å². The molecule has 0 aromatic heterocycles. The van der Waals surface area contributed by atoms with Crippen LogP contribution in [0.3, 0.4) is 0 Å². The standard InChI is InChI=1S/C11H14ClNO2/c1-7-3-4-8(9(12)5-7)10(13)6-11(14)15-2/h3-5,10H,6,13H2,1-2H3. The van der Waals surface area contributed by atoms with Gasteiger partial charge in [0.15, 0.2) is 0 Å². The zero-order chi connectivity index (χ0) is 11.4. The van der Waals surface area contributed by atoms with Crippen LogP contribution in [0, 0.1) is 6.92 Å². The van der Waals surface area contributed by atoms with Gasteiger partial charge in [-0.25, -0.2) is 0 Å². The second-order valence-corrected chi connectivity index (χ2v) is 3.82. The van der Waals surface area contributed by atoms with Crippen LogP contribution in [-0.4, -0.2) is 13.1 Å². The lowest BCUT2D eigenvalue weighted by Crippen LogP contribution is -2.16. The number of hydrogen-bond donors (Lipinski definition) is 1. The molecule has 82 valence electrons. The van der Waals surface area contributed by atoms with Gasteiger partial charge in [-0.3, -0.25) is 4.79 Å². The van der Waals surface area contributed by atoms with E-state index in [4.69, 9.17) is 17.3 Å². The van der Waals surface area contributed by atoms with E-state index < -0.39 is 6.04 Å². The summed E-state index contributed by atoms with van der Waals surface area (Å²) >= 11 is 6.02. The smallest absolute Gasteiger partial charge is 0.307 e. The Hall–Kier alpha value is -1.06. The van der Waals surface area contributed by atoms with Gasteiger partial charge in [0.1, 0.15) is 0 Å². The van der Waals surface area contributed by atoms with Crippen LogP contribution in [0.2, 0.25) is 5.02 Å². The Kier molecular flexibility index (Phi) is 4.12. The first-order valence-electron chi connectivity index (χ1n) is 4.63. The molecular formula is C11H14ClNO2. The van der Waals surface area contributed by atoms with Gasteiger partial charge < -0.3 is 10.5 Å². The first-order valence-corrected chi connectivity index (χ1v) is 5.01. The van der Waals surface area contributed by atoms with Gasteiger partial charge in [0.2, 0.25) is 0 Å². The molecule has 0 saturated heterocycles. The summed E-state index contributed by atoms with van der Waals surface area (Å²) < 4.78 is 4.54. The second-order valence-electron chi connectivity index (χ2n) is 3.41. The molecule has 0 saturated carbocycles. The first-order chi connectivity index (χ1) is 7.04. The number of ether oxygens (including phenoxy) is 1. The fourth-order valence-corrected chi connectivity index (χ4v) is 1.68. The fraction of sp³-hybridized carbons (Fsp3) is 0.364. The van der Waals surface area contributed by atoms with E-state index in [-0.39, 0.29) is 12.4 Å². The van der Waals surface area contributed by atoms with Crippen LogP contribution in [0.1, 0.15) is 23.6 Å². The molecule has 0 bridgehead atoms. The maximum Gasteiger partial charge on any atom is 0.307 e. The number of methoxy groups -OCH3 is 1. The lowest BCUT2D eigenvalue weighted by molar-refractivity contribution is -0.141. The molecular weight excluding hydrogens is 214 g/mol. The Morgan fingerprint density at radius 3 is 2.80 bits per heavy atom. The Labute approximate surface area is 94.2 Å². The minimum Gasteiger partial charge on any atom is -0.469 e. The highest BCUT2D eigenvalue weighted by molar-refractivity contribution is 6.31. The van der Waals surface area contributed by atoms with Crippen molar-refractivity contribution in [2.45, 2.75) is 19.4 Å². The molecule has 0 aliphatic heterocycles. The molecule has 4 heteroatoms. The summed E-state index contributed by atoms with van der Waals surface area (Å²) in [7, 11) is 1.34. The minimum atomic E-state index is -0.412. The van der Waals surface area contributed by atoms with Crippen molar-refractivity contribution in [2.24, 2.45) is 5.73 Å². The van der Waals surface area contributed by atoms with Gasteiger partial charge in [0.05, 0.1) is 13.5 Å². The Morgan fingerprint density at radius 2 is 2.27 bits per heavy atom. The molecule has 1 unspecified atom stereocenters. The number of carbonyl (C=O) groups excluding carboxylic acids is 1. The average Bonchev–Trinajstić information content (AvgIpc) is 2.17. The van der Waals surface area contributed by atoms with Crippen molar-refractivity contribution >= 4 is 17.6 Å². The third-order valence-corrected chi connectivity index (χ3v) is 2.50. The highest BCUT2D eigenvalue weighted by atomic mass is 35.5. The zero-order valence-corrected chi connectivity index (χ0v) is 9.54. The summed E-state index contributed by atoms with van der Waals surface area (Å²) in [4.78, 5) is 11.0. The Bertz CT molecular complexity index is 366. The van der Waals surface area contributed by atoms with Gasteiger partial charge in [-0.05, 0) is 24.1 Å². The van der Waals surface area contributed by atoms with Crippen LogP contribution in [0.4, 0.5) is 0 Å². The molecule has 1 aromatic rings. The van der Waals surface area contributed by atoms with Crippen LogP contribution in [0.5, 0.6) is 0 Å². The minimum absolute atomic E-state index is 0.138. The highest BCUT2D eigenvalue weighted by Gasteiger charge is 2.14. The molecule has 0 aliphatic rings. The highest BCUT2D eigenvalue weighted by Crippen LogP contribution is 2.24. The molecule has 1 aromatic carbocycles. The van der Waals surface area contributed by atoms with Gasteiger partial charge in [0.25, 0.3) is 0 Å². The summed E-state index contributed by atoms with van der Waals surface area (Å²) in [5.74, 6) is -0.334. The number of carbonyl (C=O) groups is 1. The SMILES string of the molecule is COC(=O)CC(N)c1ccc(C)cc1Cl. The lowest BCUT2D eigenvalue weighted by atomic mass is 10.0. The lowest BCUT2D eigenvalue weighted by Gasteiger charge is -2.12. The monoisotopic (exact) mass is 227 g/mol. The maximum atomic E-state index is 11.0. The summed E-state index contributed by atoms with van der Waals surface area (Å²) in [5, 5.41) is 0.589. The maximum absolute atomic E-state index is 11.0. The van der Waals surface area contributed by atoms with E-state index in [0.717, 1.165) is 11.1 Å². The molecule has 0 fully saturated rings. The summed E-state index contributed by atoms with van der Waals surface area (Å²) in [5.41, 5.74) is 7.67. The topological polar surface area (TPSA) is 52.3 Å². The van der Waals surface area contributed by atoms with Crippen LogP contribution in [0.15, 0.2) is 18.2 Å². The predicted octanol–water partition coefficient (Wildman–Crippen LogP) is 2.21. The average molecular weight is 228 g/mol.